The minimum atomic E-state index is 0.126. The third-order valence-corrected chi connectivity index (χ3v) is 2.57. The topological polar surface area (TPSA) is 73.1 Å². The maximum absolute atomic E-state index is 5.89. The molecule has 1 aromatic carbocycles. The normalized spacial score (nSPS) is 10.3. The summed E-state index contributed by atoms with van der Waals surface area (Å²) in [7, 11) is 0. The summed E-state index contributed by atoms with van der Waals surface area (Å²) in [6.07, 6.45) is 0. The van der Waals surface area contributed by atoms with E-state index in [1.54, 1.807) is 24.3 Å². The van der Waals surface area contributed by atoms with Crippen LogP contribution in [-0.4, -0.2) is 16.5 Å². The number of halogens is 2. The number of rotatable bonds is 4. The molecule has 2 rings (SSSR count). The van der Waals surface area contributed by atoms with Crippen molar-refractivity contribution in [2.75, 3.05) is 17.6 Å². The molecule has 0 amide bonds. The summed E-state index contributed by atoms with van der Waals surface area (Å²) in [5.41, 5.74) is 5.61. The Labute approximate surface area is 120 Å². The zero-order chi connectivity index (χ0) is 13.8. The monoisotopic (exact) mass is 298 g/mol. The number of nitrogens with two attached hydrogens (primary N) is 1. The van der Waals surface area contributed by atoms with Gasteiger partial charge in [-0.25, -0.2) is 0 Å². The summed E-state index contributed by atoms with van der Waals surface area (Å²) in [4.78, 5) is 8.01. The molecular formula is C12H12Cl2N4O. The Morgan fingerprint density at radius 2 is 1.84 bits per heavy atom. The van der Waals surface area contributed by atoms with Crippen molar-refractivity contribution in [3.8, 4) is 11.6 Å². The van der Waals surface area contributed by atoms with E-state index in [4.69, 9.17) is 33.7 Å². The van der Waals surface area contributed by atoms with Crippen molar-refractivity contribution in [2.24, 2.45) is 0 Å². The first-order valence-electron chi connectivity index (χ1n) is 5.59. The van der Waals surface area contributed by atoms with Gasteiger partial charge in [0, 0.05) is 22.7 Å². The molecule has 2 aromatic rings. The van der Waals surface area contributed by atoms with Crippen LogP contribution in [0.25, 0.3) is 0 Å². The van der Waals surface area contributed by atoms with Gasteiger partial charge >= 0.3 is 0 Å². The van der Waals surface area contributed by atoms with E-state index in [1.807, 2.05) is 6.92 Å². The number of nitrogens with zero attached hydrogens (tertiary/aromatic N) is 2. The van der Waals surface area contributed by atoms with Crippen molar-refractivity contribution in [1.29, 1.82) is 0 Å². The Hall–Kier alpha value is -1.72. The van der Waals surface area contributed by atoms with Crippen LogP contribution in [0.2, 0.25) is 10.0 Å². The number of nitrogen functional groups attached to an aromatic ring is 1. The molecule has 0 spiro atoms. The Balaban J connectivity index is 2.27. The molecule has 0 aliphatic carbocycles. The van der Waals surface area contributed by atoms with Crippen molar-refractivity contribution in [3.63, 3.8) is 0 Å². The number of aromatic nitrogens is 2. The van der Waals surface area contributed by atoms with Gasteiger partial charge in [-0.3, -0.25) is 0 Å². The Morgan fingerprint density at radius 1 is 1.16 bits per heavy atom. The molecule has 0 atom stereocenters. The second-order valence-electron chi connectivity index (χ2n) is 3.69. The predicted molar refractivity (Wildman–Crippen MR) is 77.1 cm³/mol. The van der Waals surface area contributed by atoms with Crippen molar-refractivity contribution < 1.29 is 4.74 Å². The van der Waals surface area contributed by atoms with E-state index in [9.17, 15) is 0 Å². The fourth-order valence-electron chi connectivity index (χ4n) is 1.47. The van der Waals surface area contributed by atoms with Crippen LogP contribution in [0.1, 0.15) is 6.92 Å². The van der Waals surface area contributed by atoms with Crippen LogP contribution in [0.4, 0.5) is 11.8 Å². The summed E-state index contributed by atoms with van der Waals surface area (Å²) >= 11 is 11.8. The van der Waals surface area contributed by atoms with E-state index in [2.05, 4.69) is 15.3 Å². The highest BCUT2D eigenvalue weighted by Gasteiger charge is 2.06. The Bertz CT molecular complexity index is 572. The second kappa shape index (κ2) is 5.95. The molecule has 1 heterocycles. The maximum Gasteiger partial charge on any atom is 0.226 e. The molecule has 1 aromatic heterocycles. The van der Waals surface area contributed by atoms with Crippen LogP contribution < -0.4 is 15.8 Å². The van der Waals surface area contributed by atoms with E-state index in [1.165, 1.54) is 0 Å². The van der Waals surface area contributed by atoms with Crippen molar-refractivity contribution in [3.05, 3.63) is 34.3 Å². The van der Waals surface area contributed by atoms with E-state index in [-0.39, 0.29) is 5.95 Å². The average Bonchev–Trinajstić information content (AvgIpc) is 2.26. The number of anilines is 2. The van der Waals surface area contributed by atoms with E-state index in [0.29, 0.717) is 27.5 Å². The Kier molecular flexibility index (Phi) is 4.29. The lowest BCUT2D eigenvalue weighted by atomic mass is 10.3. The third-order valence-electron chi connectivity index (χ3n) is 2.14. The molecule has 3 N–H and O–H groups in total. The first-order chi connectivity index (χ1) is 9.06. The first kappa shape index (κ1) is 13.7. The fraction of sp³-hybridized carbons (Fsp3) is 0.167. The van der Waals surface area contributed by atoms with Gasteiger partial charge in [0.15, 0.2) is 0 Å². The predicted octanol–water partition coefficient (Wildman–Crippen LogP) is 3.59. The molecule has 0 unspecified atom stereocenters. The van der Waals surface area contributed by atoms with Gasteiger partial charge in [-0.05, 0) is 25.1 Å². The van der Waals surface area contributed by atoms with Crippen molar-refractivity contribution in [1.82, 2.24) is 9.97 Å². The van der Waals surface area contributed by atoms with E-state index < -0.39 is 0 Å². The fourth-order valence-corrected chi connectivity index (χ4v) is 1.98. The summed E-state index contributed by atoms with van der Waals surface area (Å²) < 4.78 is 5.57. The van der Waals surface area contributed by atoms with Gasteiger partial charge in [-0.2, -0.15) is 9.97 Å². The van der Waals surface area contributed by atoms with Crippen LogP contribution in [0.15, 0.2) is 24.3 Å². The molecule has 100 valence electrons. The SMILES string of the molecule is CCNc1cc(Oc2cc(Cl)cc(Cl)c2)nc(N)n1. The van der Waals surface area contributed by atoms with Crippen molar-refractivity contribution >= 4 is 35.0 Å². The van der Waals surface area contributed by atoms with Crippen molar-refractivity contribution in [2.45, 2.75) is 6.92 Å². The summed E-state index contributed by atoms with van der Waals surface area (Å²) in [5.74, 6) is 1.53. The first-order valence-corrected chi connectivity index (χ1v) is 6.35. The second-order valence-corrected chi connectivity index (χ2v) is 4.56. The largest absolute Gasteiger partial charge is 0.439 e. The lowest BCUT2D eigenvalue weighted by Gasteiger charge is -2.08. The third kappa shape index (κ3) is 3.87. The molecule has 19 heavy (non-hydrogen) atoms. The molecule has 7 heteroatoms. The molecule has 0 bridgehead atoms. The molecule has 0 aliphatic heterocycles. The minimum absolute atomic E-state index is 0.126. The maximum atomic E-state index is 5.89. The average molecular weight is 299 g/mol. The van der Waals surface area contributed by atoms with Gasteiger partial charge < -0.3 is 15.8 Å². The molecule has 0 fully saturated rings. The summed E-state index contributed by atoms with van der Waals surface area (Å²) in [6.45, 7) is 2.68. The number of hydrogen-bond donors (Lipinski definition) is 2. The lowest BCUT2D eigenvalue weighted by molar-refractivity contribution is 0.463. The highest BCUT2D eigenvalue weighted by molar-refractivity contribution is 6.34. The number of nitrogens with one attached hydrogen (secondary N) is 1. The van der Waals surface area contributed by atoms with E-state index >= 15 is 0 Å². The smallest absolute Gasteiger partial charge is 0.226 e. The standard InChI is InChI=1S/C12H12Cl2N4O/c1-2-16-10-6-11(18-12(15)17-10)19-9-4-7(13)3-8(14)5-9/h3-6H,2H2,1H3,(H3,15,16,17,18). The molecule has 5 nitrogen and oxygen atoms in total. The zero-order valence-electron chi connectivity index (χ0n) is 10.2. The minimum Gasteiger partial charge on any atom is -0.439 e. The highest BCUT2D eigenvalue weighted by atomic mass is 35.5. The molecule has 0 saturated carbocycles. The van der Waals surface area contributed by atoms with Gasteiger partial charge in [-0.15, -0.1) is 0 Å². The molecule has 0 radical (unpaired) electrons. The zero-order valence-corrected chi connectivity index (χ0v) is 11.7. The van der Waals surface area contributed by atoms with Crippen LogP contribution >= 0.6 is 23.2 Å². The Morgan fingerprint density at radius 3 is 2.47 bits per heavy atom. The van der Waals surface area contributed by atoms with Crippen LogP contribution in [0.5, 0.6) is 11.6 Å². The van der Waals surface area contributed by atoms with Gasteiger partial charge in [-0.1, -0.05) is 23.2 Å². The molecule has 0 aliphatic rings. The van der Waals surface area contributed by atoms with Crippen LogP contribution in [-0.2, 0) is 0 Å². The molecule has 0 saturated heterocycles. The quantitative estimate of drug-likeness (QED) is 0.902. The van der Waals surface area contributed by atoms with Gasteiger partial charge in [0.05, 0.1) is 0 Å². The van der Waals surface area contributed by atoms with E-state index in [0.717, 1.165) is 6.54 Å². The highest BCUT2D eigenvalue weighted by Crippen LogP contribution is 2.28. The summed E-state index contributed by atoms with van der Waals surface area (Å²) in [6, 6.07) is 6.54. The summed E-state index contributed by atoms with van der Waals surface area (Å²) in [5, 5.41) is 4.00. The van der Waals surface area contributed by atoms with Gasteiger partial charge in [0.25, 0.3) is 0 Å². The van der Waals surface area contributed by atoms with Crippen LogP contribution in [0, 0.1) is 0 Å². The number of benzene rings is 1. The lowest BCUT2D eigenvalue weighted by Crippen LogP contribution is -2.04. The number of ether oxygens (including phenoxy) is 1. The van der Waals surface area contributed by atoms with Gasteiger partial charge in [0.1, 0.15) is 11.6 Å². The van der Waals surface area contributed by atoms with Gasteiger partial charge in [0.2, 0.25) is 11.8 Å². The molecular weight excluding hydrogens is 287 g/mol. The van der Waals surface area contributed by atoms with Crippen LogP contribution in [0.3, 0.4) is 0 Å². The number of hydrogen-bond acceptors (Lipinski definition) is 5.